The number of hydrogen-bond acceptors (Lipinski definition) is 2. The standard InChI is InChI=1S/C7H16N2/c1-8-6-3-4-7(5-6)9-2/h6-9H,3-5H2,1-2H3. The lowest BCUT2D eigenvalue weighted by atomic mass is 10.2. The van der Waals surface area contributed by atoms with Crippen molar-refractivity contribution in [3.8, 4) is 0 Å². The maximum absolute atomic E-state index is 3.29. The molecule has 0 spiro atoms. The van der Waals surface area contributed by atoms with E-state index in [4.69, 9.17) is 0 Å². The Hall–Kier alpha value is -0.0800. The van der Waals surface area contributed by atoms with Crippen LogP contribution < -0.4 is 10.6 Å². The summed E-state index contributed by atoms with van der Waals surface area (Å²) >= 11 is 0. The fourth-order valence-corrected chi connectivity index (χ4v) is 1.51. The molecule has 0 aromatic rings. The molecule has 0 bridgehead atoms. The predicted octanol–water partition coefficient (Wildman–Crippen LogP) is 0.346. The molecule has 9 heavy (non-hydrogen) atoms. The molecule has 0 heterocycles. The molecule has 0 saturated heterocycles. The summed E-state index contributed by atoms with van der Waals surface area (Å²) in [6.45, 7) is 0. The molecule has 1 saturated carbocycles. The fraction of sp³-hybridized carbons (Fsp3) is 1.00. The van der Waals surface area contributed by atoms with Gasteiger partial charge in [0.2, 0.25) is 0 Å². The van der Waals surface area contributed by atoms with E-state index in [9.17, 15) is 0 Å². The summed E-state index contributed by atoms with van der Waals surface area (Å²) in [5, 5.41) is 6.58. The van der Waals surface area contributed by atoms with Crippen molar-refractivity contribution < 1.29 is 0 Å². The van der Waals surface area contributed by atoms with Crippen LogP contribution in [-0.4, -0.2) is 26.2 Å². The lowest BCUT2D eigenvalue weighted by Gasteiger charge is -2.08. The van der Waals surface area contributed by atoms with Gasteiger partial charge in [0.15, 0.2) is 0 Å². The SMILES string of the molecule is CNC1CCC(NC)C1. The van der Waals surface area contributed by atoms with Crippen molar-refractivity contribution in [2.75, 3.05) is 14.1 Å². The van der Waals surface area contributed by atoms with Crippen LogP contribution in [0.4, 0.5) is 0 Å². The van der Waals surface area contributed by atoms with Gasteiger partial charge in [0.05, 0.1) is 0 Å². The molecule has 0 aromatic heterocycles. The van der Waals surface area contributed by atoms with E-state index in [1.165, 1.54) is 19.3 Å². The second-order valence-electron chi connectivity index (χ2n) is 2.78. The Morgan fingerprint density at radius 2 is 1.44 bits per heavy atom. The van der Waals surface area contributed by atoms with Crippen molar-refractivity contribution in [3.63, 3.8) is 0 Å². The van der Waals surface area contributed by atoms with E-state index in [0.717, 1.165) is 12.1 Å². The molecule has 1 aliphatic carbocycles. The lowest BCUT2D eigenvalue weighted by molar-refractivity contribution is 0.536. The van der Waals surface area contributed by atoms with E-state index in [-0.39, 0.29) is 0 Å². The van der Waals surface area contributed by atoms with Crippen LogP contribution in [0.1, 0.15) is 19.3 Å². The summed E-state index contributed by atoms with van der Waals surface area (Å²) < 4.78 is 0. The van der Waals surface area contributed by atoms with Gasteiger partial charge < -0.3 is 10.6 Å². The number of hydrogen-bond donors (Lipinski definition) is 2. The minimum Gasteiger partial charge on any atom is -0.317 e. The minimum atomic E-state index is 0.766. The third-order valence-corrected chi connectivity index (χ3v) is 2.25. The normalized spacial score (nSPS) is 35.3. The van der Waals surface area contributed by atoms with Gasteiger partial charge in [-0.3, -0.25) is 0 Å². The molecular formula is C7H16N2. The molecule has 2 nitrogen and oxygen atoms in total. The van der Waals surface area contributed by atoms with Gasteiger partial charge >= 0.3 is 0 Å². The summed E-state index contributed by atoms with van der Waals surface area (Å²) in [7, 11) is 4.09. The molecule has 0 aromatic carbocycles. The summed E-state index contributed by atoms with van der Waals surface area (Å²) in [5.74, 6) is 0. The van der Waals surface area contributed by atoms with Crippen molar-refractivity contribution >= 4 is 0 Å². The second-order valence-corrected chi connectivity index (χ2v) is 2.78. The molecule has 2 N–H and O–H groups in total. The highest BCUT2D eigenvalue weighted by atomic mass is 14.9. The molecule has 0 aliphatic heterocycles. The van der Waals surface area contributed by atoms with Crippen LogP contribution in [0.15, 0.2) is 0 Å². The number of nitrogens with one attached hydrogen (secondary N) is 2. The predicted molar refractivity (Wildman–Crippen MR) is 39.5 cm³/mol. The van der Waals surface area contributed by atoms with Crippen LogP contribution in [0.3, 0.4) is 0 Å². The minimum absolute atomic E-state index is 0.766. The molecule has 1 aliphatic rings. The van der Waals surface area contributed by atoms with E-state index in [0.29, 0.717) is 0 Å². The lowest BCUT2D eigenvalue weighted by Crippen LogP contribution is -2.26. The van der Waals surface area contributed by atoms with Crippen molar-refractivity contribution in [1.82, 2.24) is 10.6 Å². The maximum atomic E-state index is 3.29. The van der Waals surface area contributed by atoms with Crippen LogP contribution in [0.25, 0.3) is 0 Å². The third-order valence-electron chi connectivity index (χ3n) is 2.25. The average Bonchev–Trinajstić information content (AvgIpc) is 2.34. The van der Waals surface area contributed by atoms with Crippen LogP contribution in [0.2, 0.25) is 0 Å². The largest absolute Gasteiger partial charge is 0.317 e. The van der Waals surface area contributed by atoms with Gasteiger partial charge in [0, 0.05) is 12.1 Å². The molecule has 2 atom stereocenters. The Kier molecular flexibility index (Phi) is 2.49. The quantitative estimate of drug-likeness (QED) is 0.560. The third kappa shape index (κ3) is 1.66. The molecule has 0 amide bonds. The van der Waals surface area contributed by atoms with Crippen molar-refractivity contribution in [3.05, 3.63) is 0 Å². The van der Waals surface area contributed by atoms with Crippen LogP contribution in [0, 0.1) is 0 Å². The van der Waals surface area contributed by atoms with E-state index in [1.54, 1.807) is 0 Å². The Bertz CT molecular complexity index is 73.0. The average molecular weight is 128 g/mol. The molecule has 0 radical (unpaired) electrons. The van der Waals surface area contributed by atoms with E-state index < -0.39 is 0 Å². The van der Waals surface area contributed by atoms with Crippen LogP contribution in [-0.2, 0) is 0 Å². The second kappa shape index (κ2) is 3.18. The highest BCUT2D eigenvalue weighted by Crippen LogP contribution is 2.17. The van der Waals surface area contributed by atoms with Crippen LogP contribution >= 0.6 is 0 Å². The molecule has 1 fully saturated rings. The van der Waals surface area contributed by atoms with Gasteiger partial charge in [-0.2, -0.15) is 0 Å². The number of rotatable bonds is 2. The Morgan fingerprint density at radius 3 is 1.67 bits per heavy atom. The zero-order chi connectivity index (χ0) is 6.69. The van der Waals surface area contributed by atoms with Crippen molar-refractivity contribution in [2.24, 2.45) is 0 Å². The van der Waals surface area contributed by atoms with Gasteiger partial charge in [-0.05, 0) is 33.4 Å². The molecule has 2 heteroatoms. The van der Waals surface area contributed by atoms with Gasteiger partial charge in [-0.25, -0.2) is 0 Å². The fourth-order valence-electron chi connectivity index (χ4n) is 1.51. The topological polar surface area (TPSA) is 24.1 Å². The van der Waals surface area contributed by atoms with Gasteiger partial charge in [0.1, 0.15) is 0 Å². The van der Waals surface area contributed by atoms with Gasteiger partial charge in [-0.1, -0.05) is 0 Å². The van der Waals surface area contributed by atoms with Gasteiger partial charge in [-0.15, -0.1) is 0 Å². The highest BCUT2D eigenvalue weighted by Gasteiger charge is 2.20. The first-order valence-corrected chi connectivity index (χ1v) is 3.71. The van der Waals surface area contributed by atoms with Crippen molar-refractivity contribution in [2.45, 2.75) is 31.3 Å². The summed E-state index contributed by atoms with van der Waals surface area (Å²) in [6.07, 6.45) is 3.97. The van der Waals surface area contributed by atoms with Crippen LogP contribution in [0.5, 0.6) is 0 Å². The first-order chi connectivity index (χ1) is 4.36. The highest BCUT2D eigenvalue weighted by molar-refractivity contribution is 4.82. The monoisotopic (exact) mass is 128 g/mol. The molecule has 1 rings (SSSR count). The van der Waals surface area contributed by atoms with Crippen molar-refractivity contribution in [1.29, 1.82) is 0 Å². The Labute approximate surface area is 57.0 Å². The van der Waals surface area contributed by atoms with E-state index in [2.05, 4.69) is 10.6 Å². The zero-order valence-corrected chi connectivity index (χ0v) is 6.28. The van der Waals surface area contributed by atoms with E-state index >= 15 is 0 Å². The Morgan fingerprint density at radius 1 is 1.00 bits per heavy atom. The smallest absolute Gasteiger partial charge is 0.00794 e. The Balaban J connectivity index is 2.20. The zero-order valence-electron chi connectivity index (χ0n) is 6.28. The van der Waals surface area contributed by atoms with Gasteiger partial charge in [0.25, 0.3) is 0 Å². The molecule has 54 valence electrons. The molecular weight excluding hydrogens is 112 g/mol. The molecule has 2 unspecified atom stereocenters. The summed E-state index contributed by atoms with van der Waals surface area (Å²) in [5.41, 5.74) is 0. The summed E-state index contributed by atoms with van der Waals surface area (Å²) in [6, 6.07) is 1.53. The van der Waals surface area contributed by atoms with E-state index in [1.807, 2.05) is 14.1 Å². The maximum Gasteiger partial charge on any atom is 0.00794 e. The first kappa shape index (κ1) is 7.03. The first-order valence-electron chi connectivity index (χ1n) is 3.71. The summed E-state index contributed by atoms with van der Waals surface area (Å²) in [4.78, 5) is 0.